The minimum Gasteiger partial charge on any atom is -0.298 e. The van der Waals surface area contributed by atoms with Crippen LogP contribution in [-0.2, 0) is 0 Å². The van der Waals surface area contributed by atoms with Crippen LogP contribution in [0.5, 0.6) is 0 Å². The third-order valence-electron chi connectivity index (χ3n) is 2.83. The molecule has 0 saturated carbocycles. The molecule has 22 heavy (non-hydrogen) atoms. The van der Waals surface area contributed by atoms with Crippen LogP contribution >= 0.6 is 34.5 Å². The highest BCUT2D eigenvalue weighted by molar-refractivity contribution is 7.14. The van der Waals surface area contributed by atoms with Gasteiger partial charge in [-0.15, -0.1) is 11.3 Å². The van der Waals surface area contributed by atoms with Gasteiger partial charge in [0.05, 0.1) is 5.69 Å². The second-order valence-electron chi connectivity index (χ2n) is 4.39. The highest BCUT2D eigenvalue weighted by Crippen LogP contribution is 2.25. The molecule has 7 heteroatoms. The van der Waals surface area contributed by atoms with Crippen LogP contribution < -0.4 is 5.32 Å². The summed E-state index contributed by atoms with van der Waals surface area (Å²) in [5, 5.41) is 5.94. The van der Waals surface area contributed by atoms with Crippen LogP contribution in [0.15, 0.2) is 48.1 Å². The smallest absolute Gasteiger partial charge is 0.257 e. The summed E-state index contributed by atoms with van der Waals surface area (Å²) in [4.78, 5) is 20.5. The summed E-state index contributed by atoms with van der Waals surface area (Å²) in [5.41, 5.74) is 2.11. The molecule has 0 radical (unpaired) electrons. The van der Waals surface area contributed by atoms with Crippen molar-refractivity contribution in [1.82, 2.24) is 9.97 Å². The number of carbonyl (C=O) groups excluding carboxylic acids is 1. The maximum Gasteiger partial charge on any atom is 0.257 e. The largest absolute Gasteiger partial charge is 0.298 e. The number of hydrogen-bond donors (Lipinski definition) is 1. The number of hydrogen-bond acceptors (Lipinski definition) is 4. The molecule has 1 aromatic carbocycles. The fourth-order valence-corrected chi connectivity index (χ4v) is 3.08. The molecular weight excluding hydrogens is 341 g/mol. The van der Waals surface area contributed by atoms with Crippen molar-refractivity contribution in [2.75, 3.05) is 5.32 Å². The van der Waals surface area contributed by atoms with Gasteiger partial charge in [-0.05, 0) is 30.3 Å². The lowest BCUT2D eigenvalue weighted by Gasteiger charge is -2.03. The number of aromatic nitrogens is 2. The molecule has 0 fully saturated rings. The Morgan fingerprint density at radius 2 is 1.77 bits per heavy atom. The van der Waals surface area contributed by atoms with Gasteiger partial charge in [-0.25, -0.2) is 4.98 Å². The van der Waals surface area contributed by atoms with Crippen LogP contribution in [0, 0.1) is 0 Å². The van der Waals surface area contributed by atoms with Crippen LogP contribution in [0.2, 0.25) is 10.0 Å². The van der Waals surface area contributed by atoms with Crippen molar-refractivity contribution in [2.24, 2.45) is 0 Å². The fourth-order valence-electron chi connectivity index (χ4n) is 1.84. The first-order chi connectivity index (χ1) is 10.6. The van der Waals surface area contributed by atoms with Crippen LogP contribution in [0.4, 0.5) is 5.13 Å². The van der Waals surface area contributed by atoms with Crippen molar-refractivity contribution in [3.63, 3.8) is 0 Å². The number of thiazole rings is 1. The molecule has 0 bridgehead atoms. The zero-order valence-electron chi connectivity index (χ0n) is 11.1. The van der Waals surface area contributed by atoms with E-state index in [1.807, 2.05) is 17.5 Å². The number of amides is 1. The zero-order chi connectivity index (χ0) is 15.5. The Bertz CT molecular complexity index is 800. The number of pyridine rings is 1. The first-order valence-electron chi connectivity index (χ1n) is 6.25. The van der Waals surface area contributed by atoms with Gasteiger partial charge in [-0.1, -0.05) is 23.2 Å². The summed E-state index contributed by atoms with van der Waals surface area (Å²) in [5.74, 6) is -0.306. The fraction of sp³-hybridized carbons (Fsp3) is 0. The van der Waals surface area contributed by atoms with Gasteiger partial charge < -0.3 is 0 Å². The summed E-state index contributed by atoms with van der Waals surface area (Å²) in [6.07, 6.45) is 3.39. The topological polar surface area (TPSA) is 54.9 Å². The molecule has 0 aliphatic carbocycles. The number of nitrogens with one attached hydrogen (secondary N) is 1. The summed E-state index contributed by atoms with van der Waals surface area (Å²) < 4.78 is 0. The summed E-state index contributed by atoms with van der Waals surface area (Å²) in [6.45, 7) is 0. The van der Waals surface area contributed by atoms with Gasteiger partial charge in [0.1, 0.15) is 0 Å². The van der Waals surface area contributed by atoms with Crippen molar-refractivity contribution in [1.29, 1.82) is 0 Å². The van der Waals surface area contributed by atoms with E-state index in [1.165, 1.54) is 11.3 Å². The monoisotopic (exact) mass is 349 g/mol. The molecule has 0 spiro atoms. The van der Waals surface area contributed by atoms with Crippen LogP contribution in [0.1, 0.15) is 10.4 Å². The van der Waals surface area contributed by atoms with Crippen molar-refractivity contribution < 1.29 is 4.79 Å². The molecule has 110 valence electrons. The number of halogens is 2. The normalized spacial score (nSPS) is 10.5. The Hall–Kier alpha value is -1.95. The van der Waals surface area contributed by atoms with Gasteiger partial charge in [0.25, 0.3) is 5.91 Å². The van der Waals surface area contributed by atoms with Gasteiger partial charge in [0, 0.05) is 38.9 Å². The third-order valence-corrected chi connectivity index (χ3v) is 4.02. The van der Waals surface area contributed by atoms with E-state index >= 15 is 0 Å². The zero-order valence-corrected chi connectivity index (χ0v) is 13.4. The van der Waals surface area contributed by atoms with E-state index in [4.69, 9.17) is 23.2 Å². The number of benzene rings is 1. The predicted molar refractivity (Wildman–Crippen MR) is 89.8 cm³/mol. The number of carbonyl (C=O) groups is 1. The molecule has 2 aromatic heterocycles. The Labute approximate surface area is 140 Å². The lowest BCUT2D eigenvalue weighted by molar-refractivity contribution is 0.102. The minimum absolute atomic E-state index is 0.306. The van der Waals surface area contributed by atoms with Gasteiger partial charge >= 0.3 is 0 Å². The molecule has 3 aromatic rings. The molecule has 0 atom stereocenters. The number of anilines is 1. The van der Waals surface area contributed by atoms with Gasteiger partial charge in [0.2, 0.25) is 0 Å². The van der Waals surface area contributed by atoms with E-state index < -0.39 is 0 Å². The van der Waals surface area contributed by atoms with E-state index in [0.29, 0.717) is 20.7 Å². The lowest BCUT2D eigenvalue weighted by Crippen LogP contribution is -2.11. The second-order valence-corrected chi connectivity index (χ2v) is 6.12. The molecule has 3 rings (SSSR count). The van der Waals surface area contributed by atoms with Crippen LogP contribution in [0.25, 0.3) is 11.3 Å². The van der Waals surface area contributed by atoms with E-state index in [1.54, 1.807) is 30.6 Å². The average Bonchev–Trinajstić information content (AvgIpc) is 2.95. The van der Waals surface area contributed by atoms with Gasteiger partial charge in [0.15, 0.2) is 5.13 Å². The van der Waals surface area contributed by atoms with Gasteiger partial charge in [-0.2, -0.15) is 0 Å². The van der Waals surface area contributed by atoms with Gasteiger partial charge in [-0.3, -0.25) is 15.1 Å². The quantitative estimate of drug-likeness (QED) is 0.741. The molecule has 0 saturated heterocycles. The van der Waals surface area contributed by atoms with E-state index in [2.05, 4.69) is 15.3 Å². The maximum atomic E-state index is 12.2. The lowest BCUT2D eigenvalue weighted by atomic mass is 10.2. The molecule has 0 aliphatic rings. The number of rotatable bonds is 3. The minimum atomic E-state index is -0.306. The molecule has 0 unspecified atom stereocenters. The second kappa shape index (κ2) is 6.44. The number of nitrogens with zero attached hydrogens (tertiary/aromatic N) is 2. The first-order valence-corrected chi connectivity index (χ1v) is 7.89. The first kappa shape index (κ1) is 15.0. The highest BCUT2D eigenvalue weighted by atomic mass is 35.5. The van der Waals surface area contributed by atoms with Crippen molar-refractivity contribution in [2.45, 2.75) is 0 Å². The van der Waals surface area contributed by atoms with E-state index in [9.17, 15) is 4.79 Å². The Kier molecular flexibility index (Phi) is 4.38. The Morgan fingerprint density at radius 1 is 1.09 bits per heavy atom. The van der Waals surface area contributed by atoms with Crippen LogP contribution in [0.3, 0.4) is 0 Å². The molecular formula is C15H9Cl2N3OS. The third kappa shape index (κ3) is 3.44. The predicted octanol–water partition coefficient (Wildman–Crippen LogP) is 4.76. The summed E-state index contributed by atoms with van der Waals surface area (Å²) >= 11 is 13.1. The summed E-state index contributed by atoms with van der Waals surface area (Å²) in [6, 6.07) is 8.40. The highest BCUT2D eigenvalue weighted by Gasteiger charge is 2.11. The molecule has 1 N–H and O–H groups in total. The SMILES string of the molecule is O=C(Nc1nc(-c2ccncc2)cs1)c1cc(Cl)cc(Cl)c1. The summed E-state index contributed by atoms with van der Waals surface area (Å²) in [7, 11) is 0. The van der Waals surface area contributed by atoms with Crippen molar-refractivity contribution in [3.05, 3.63) is 63.7 Å². The van der Waals surface area contributed by atoms with E-state index in [-0.39, 0.29) is 5.91 Å². The maximum absolute atomic E-state index is 12.2. The standard InChI is InChI=1S/C15H9Cl2N3OS/c16-11-5-10(6-12(17)7-11)14(21)20-15-19-13(8-22-15)9-1-3-18-4-2-9/h1-8H,(H,19,20,21). The molecule has 1 amide bonds. The van der Waals surface area contributed by atoms with Crippen molar-refractivity contribution in [3.8, 4) is 11.3 Å². The van der Waals surface area contributed by atoms with Crippen molar-refractivity contribution >= 4 is 45.6 Å². The average molecular weight is 350 g/mol. The Morgan fingerprint density at radius 3 is 2.45 bits per heavy atom. The van der Waals surface area contributed by atoms with Crippen LogP contribution in [-0.4, -0.2) is 15.9 Å². The molecule has 2 heterocycles. The van der Waals surface area contributed by atoms with E-state index in [0.717, 1.165) is 11.3 Å². The molecule has 4 nitrogen and oxygen atoms in total. The molecule has 0 aliphatic heterocycles. The Balaban J connectivity index is 1.79.